The molecule has 3 aromatic rings. The minimum absolute atomic E-state index is 0.0445. The van der Waals surface area contributed by atoms with Crippen molar-refractivity contribution in [1.82, 2.24) is 35.0 Å². The average Bonchev–Trinajstić information content (AvgIpc) is 3.48. The van der Waals surface area contributed by atoms with Gasteiger partial charge in [-0.2, -0.15) is 5.10 Å². The number of hydrogen-bond donors (Lipinski definition) is 1. The lowest BCUT2D eigenvalue weighted by molar-refractivity contribution is -0.133. The molecule has 1 saturated heterocycles. The summed E-state index contributed by atoms with van der Waals surface area (Å²) in [6.07, 6.45) is 4.09. The summed E-state index contributed by atoms with van der Waals surface area (Å²) < 4.78 is 17.1. The Morgan fingerprint density at radius 3 is 2.74 bits per heavy atom. The summed E-state index contributed by atoms with van der Waals surface area (Å²) in [5, 5.41) is 14.8. The van der Waals surface area contributed by atoms with Crippen LogP contribution < -0.4 is 5.32 Å². The van der Waals surface area contributed by atoms with Crippen molar-refractivity contribution in [2.24, 2.45) is 0 Å². The second kappa shape index (κ2) is 9.07. The molecule has 0 saturated carbocycles. The van der Waals surface area contributed by atoms with E-state index < -0.39 is 6.17 Å². The zero-order valence-corrected chi connectivity index (χ0v) is 17.2. The van der Waals surface area contributed by atoms with Gasteiger partial charge in [0.05, 0.1) is 31.5 Å². The highest BCUT2D eigenvalue weighted by Gasteiger charge is 2.36. The second-order valence-corrected chi connectivity index (χ2v) is 7.74. The Hall–Kier alpha value is -3.56. The molecule has 162 valence electrons. The summed E-state index contributed by atoms with van der Waals surface area (Å²) in [4.78, 5) is 26.6. The lowest BCUT2D eigenvalue weighted by Crippen LogP contribution is -2.40. The molecule has 3 heterocycles. The summed E-state index contributed by atoms with van der Waals surface area (Å²) in [6, 6.07) is 9.19. The third-order valence-electron chi connectivity index (χ3n) is 5.21. The SMILES string of the molecule is Cc1cnn(CC(=O)N2CC(F)CC2Cn2cc(C(=O)NCc3ccccc3)nn2)c1. The van der Waals surface area contributed by atoms with E-state index in [9.17, 15) is 14.0 Å². The van der Waals surface area contributed by atoms with Crippen molar-refractivity contribution in [2.75, 3.05) is 6.54 Å². The van der Waals surface area contributed by atoms with Gasteiger partial charge in [-0.05, 0) is 18.1 Å². The maximum Gasteiger partial charge on any atom is 0.273 e. The van der Waals surface area contributed by atoms with E-state index in [0.717, 1.165) is 11.1 Å². The molecule has 9 nitrogen and oxygen atoms in total. The van der Waals surface area contributed by atoms with E-state index in [1.165, 1.54) is 15.8 Å². The first-order chi connectivity index (χ1) is 15.0. The van der Waals surface area contributed by atoms with E-state index in [2.05, 4.69) is 20.7 Å². The maximum absolute atomic E-state index is 14.1. The van der Waals surface area contributed by atoms with Crippen LogP contribution in [0.5, 0.6) is 0 Å². The van der Waals surface area contributed by atoms with Crippen molar-refractivity contribution < 1.29 is 14.0 Å². The van der Waals surface area contributed by atoms with Crippen molar-refractivity contribution in [1.29, 1.82) is 0 Å². The van der Waals surface area contributed by atoms with E-state index in [0.29, 0.717) is 6.54 Å². The number of rotatable bonds is 7. The number of hydrogen-bond acceptors (Lipinski definition) is 5. The standard InChI is InChI=1S/C21H24FN7O2/c1-15-8-24-27(10-15)14-20(30)29-11-17(22)7-18(29)12-28-13-19(25-26-28)21(31)23-9-16-5-3-2-4-6-16/h2-6,8,10,13,17-18H,7,9,11-12,14H2,1H3,(H,23,31). The third-order valence-corrected chi connectivity index (χ3v) is 5.21. The Bertz CT molecular complexity index is 1050. The molecule has 2 aromatic heterocycles. The van der Waals surface area contributed by atoms with Gasteiger partial charge in [-0.15, -0.1) is 5.10 Å². The monoisotopic (exact) mass is 425 g/mol. The number of alkyl halides is 1. The molecule has 1 aromatic carbocycles. The van der Waals surface area contributed by atoms with Gasteiger partial charge in [0, 0.05) is 19.2 Å². The number of carbonyl (C=O) groups excluding carboxylic acids is 2. The van der Waals surface area contributed by atoms with E-state index in [1.54, 1.807) is 17.1 Å². The first kappa shape index (κ1) is 20.7. The highest BCUT2D eigenvalue weighted by Crippen LogP contribution is 2.22. The molecule has 1 aliphatic heterocycles. The minimum Gasteiger partial charge on any atom is -0.347 e. The molecule has 1 N–H and O–H groups in total. The van der Waals surface area contributed by atoms with Crippen LogP contribution in [0.15, 0.2) is 48.9 Å². The quantitative estimate of drug-likeness (QED) is 0.616. The number of aromatic nitrogens is 5. The van der Waals surface area contributed by atoms with Gasteiger partial charge in [0.25, 0.3) is 5.91 Å². The summed E-state index contributed by atoms with van der Waals surface area (Å²) in [5.74, 6) is -0.541. The number of carbonyl (C=O) groups is 2. The Morgan fingerprint density at radius 1 is 1.19 bits per heavy atom. The van der Waals surface area contributed by atoms with Crippen molar-refractivity contribution >= 4 is 11.8 Å². The zero-order chi connectivity index (χ0) is 21.8. The van der Waals surface area contributed by atoms with Crippen LogP contribution in [0.4, 0.5) is 4.39 Å². The Kier molecular flexibility index (Phi) is 6.06. The molecule has 31 heavy (non-hydrogen) atoms. The molecular formula is C21H24FN7O2. The average molecular weight is 425 g/mol. The van der Waals surface area contributed by atoms with Gasteiger partial charge in [0.2, 0.25) is 5.91 Å². The molecular weight excluding hydrogens is 401 g/mol. The van der Waals surface area contributed by atoms with Gasteiger partial charge >= 0.3 is 0 Å². The topological polar surface area (TPSA) is 97.9 Å². The Labute approximate surface area is 178 Å². The second-order valence-electron chi connectivity index (χ2n) is 7.74. The normalized spacial score (nSPS) is 18.3. The fraction of sp³-hybridized carbons (Fsp3) is 0.381. The molecule has 10 heteroatoms. The van der Waals surface area contributed by atoms with Crippen LogP contribution in [0.3, 0.4) is 0 Å². The fourth-order valence-corrected chi connectivity index (χ4v) is 3.70. The molecule has 0 aliphatic carbocycles. The summed E-state index contributed by atoms with van der Waals surface area (Å²) in [5.41, 5.74) is 2.11. The van der Waals surface area contributed by atoms with E-state index in [-0.39, 0.29) is 49.6 Å². The van der Waals surface area contributed by atoms with Gasteiger partial charge in [-0.1, -0.05) is 35.5 Å². The van der Waals surface area contributed by atoms with Crippen molar-refractivity contribution in [3.8, 4) is 0 Å². The highest BCUT2D eigenvalue weighted by atomic mass is 19.1. The number of aryl methyl sites for hydroxylation is 1. The number of amides is 2. The van der Waals surface area contributed by atoms with Crippen LogP contribution in [0.25, 0.3) is 0 Å². The van der Waals surface area contributed by atoms with Gasteiger partial charge in [-0.3, -0.25) is 14.3 Å². The van der Waals surface area contributed by atoms with Crippen molar-refractivity contribution in [3.05, 3.63) is 65.7 Å². The Balaban J connectivity index is 1.35. The molecule has 2 atom stereocenters. The highest BCUT2D eigenvalue weighted by molar-refractivity contribution is 5.91. The van der Waals surface area contributed by atoms with Crippen molar-refractivity contribution in [2.45, 2.75) is 45.2 Å². The molecule has 0 spiro atoms. The first-order valence-corrected chi connectivity index (χ1v) is 10.1. The number of nitrogens with one attached hydrogen (secondary N) is 1. The number of likely N-dealkylation sites (tertiary alicyclic amines) is 1. The molecule has 0 radical (unpaired) electrons. The van der Waals surface area contributed by atoms with E-state index in [1.807, 2.05) is 37.3 Å². The molecule has 1 aliphatic rings. The van der Waals surface area contributed by atoms with Crippen LogP contribution in [-0.4, -0.2) is 60.2 Å². The van der Waals surface area contributed by atoms with Gasteiger partial charge in [0.1, 0.15) is 12.7 Å². The van der Waals surface area contributed by atoms with Gasteiger partial charge in [-0.25, -0.2) is 9.07 Å². The smallest absolute Gasteiger partial charge is 0.273 e. The molecule has 4 rings (SSSR count). The summed E-state index contributed by atoms with van der Waals surface area (Å²) in [7, 11) is 0. The largest absolute Gasteiger partial charge is 0.347 e. The number of nitrogens with zero attached hydrogens (tertiary/aromatic N) is 6. The summed E-state index contributed by atoms with van der Waals surface area (Å²) >= 11 is 0. The molecule has 2 unspecified atom stereocenters. The minimum atomic E-state index is -1.09. The molecule has 0 bridgehead atoms. The predicted octanol–water partition coefficient (Wildman–Crippen LogP) is 1.35. The van der Waals surface area contributed by atoms with Gasteiger partial charge in [0.15, 0.2) is 5.69 Å². The van der Waals surface area contributed by atoms with Crippen LogP contribution in [0.1, 0.15) is 28.0 Å². The molecule has 1 fully saturated rings. The van der Waals surface area contributed by atoms with Gasteiger partial charge < -0.3 is 10.2 Å². The number of halogens is 1. The molecule has 2 amide bonds. The zero-order valence-electron chi connectivity index (χ0n) is 17.2. The first-order valence-electron chi connectivity index (χ1n) is 10.1. The van der Waals surface area contributed by atoms with Crippen LogP contribution in [0.2, 0.25) is 0 Å². The predicted molar refractivity (Wildman–Crippen MR) is 110 cm³/mol. The maximum atomic E-state index is 14.1. The number of benzene rings is 1. The van der Waals surface area contributed by atoms with Crippen molar-refractivity contribution in [3.63, 3.8) is 0 Å². The lowest BCUT2D eigenvalue weighted by Gasteiger charge is -2.24. The Morgan fingerprint density at radius 2 is 2.00 bits per heavy atom. The lowest BCUT2D eigenvalue weighted by atomic mass is 10.2. The fourth-order valence-electron chi connectivity index (χ4n) is 3.70. The van der Waals surface area contributed by atoms with Crippen LogP contribution >= 0.6 is 0 Å². The van der Waals surface area contributed by atoms with Crippen LogP contribution in [-0.2, 0) is 24.4 Å². The van der Waals surface area contributed by atoms with Crippen LogP contribution in [0, 0.1) is 6.92 Å². The third kappa shape index (κ3) is 5.14. The van der Waals surface area contributed by atoms with E-state index >= 15 is 0 Å². The summed E-state index contributed by atoms with van der Waals surface area (Å²) in [6.45, 7) is 2.64. The van der Waals surface area contributed by atoms with E-state index in [4.69, 9.17) is 0 Å².